The van der Waals surface area contributed by atoms with Gasteiger partial charge < -0.3 is 20.3 Å². The molecule has 0 rings (SSSR count). The van der Waals surface area contributed by atoms with E-state index in [9.17, 15) is 19.8 Å². The van der Waals surface area contributed by atoms with Crippen molar-refractivity contribution < 1.29 is 24.5 Å². The molecule has 0 aliphatic carbocycles. The van der Waals surface area contributed by atoms with Crippen molar-refractivity contribution in [3.8, 4) is 0 Å². The Morgan fingerprint density at radius 1 is 0.373 bits per heavy atom. The second kappa shape index (κ2) is 64.9. The van der Waals surface area contributed by atoms with E-state index in [1.54, 1.807) is 0 Å². The van der Waals surface area contributed by atoms with Crippen LogP contribution in [0.5, 0.6) is 0 Å². The van der Waals surface area contributed by atoms with Crippen molar-refractivity contribution in [2.75, 3.05) is 13.2 Å². The molecule has 0 bridgehead atoms. The first kappa shape index (κ1) is 73.3. The summed E-state index contributed by atoms with van der Waals surface area (Å²) in [6, 6.07) is -0.536. The maximum absolute atomic E-state index is 12.4. The molecule has 1 amide bonds. The van der Waals surface area contributed by atoms with Gasteiger partial charge in [0.2, 0.25) is 5.91 Å². The third kappa shape index (κ3) is 61.4. The topological polar surface area (TPSA) is 95.9 Å². The van der Waals surface area contributed by atoms with Gasteiger partial charge >= 0.3 is 5.97 Å². The Morgan fingerprint density at radius 3 is 1.04 bits per heavy atom. The lowest BCUT2D eigenvalue weighted by Crippen LogP contribution is -2.45. The average molecular weight is 1060 g/mol. The maximum atomic E-state index is 12.4. The van der Waals surface area contributed by atoms with Gasteiger partial charge in [0, 0.05) is 12.8 Å². The zero-order valence-electron chi connectivity index (χ0n) is 50.8. The number of aliphatic hydroxyl groups excluding tert-OH is 2. The minimum Gasteiger partial charge on any atom is -0.466 e. The molecule has 0 heterocycles. The third-order valence-corrected chi connectivity index (χ3v) is 16.0. The van der Waals surface area contributed by atoms with E-state index in [2.05, 4.69) is 43.5 Å². The number of hydrogen-bond donors (Lipinski definition) is 3. The highest BCUT2D eigenvalue weighted by atomic mass is 16.5. The summed E-state index contributed by atoms with van der Waals surface area (Å²) in [5.74, 6) is -0.0152. The summed E-state index contributed by atoms with van der Waals surface area (Å²) in [7, 11) is 0. The zero-order valence-corrected chi connectivity index (χ0v) is 50.8. The van der Waals surface area contributed by atoms with E-state index in [1.165, 1.54) is 295 Å². The second-order valence-electron chi connectivity index (χ2n) is 23.5. The van der Waals surface area contributed by atoms with Gasteiger partial charge in [-0.3, -0.25) is 9.59 Å². The SMILES string of the molecule is CCCCC/C=C\C/C=C\CCCCCCCCCCCC(=O)OCCCCCCCCCCCCCCCCCCCCCCCCCCCCCCCCC(=O)NC(CO)C(O)CCCCCCCCCCC. The number of unbranched alkanes of at least 4 members (excludes halogenated alkanes) is 49. The van der Waals surface area contributed by atoms with Crippen molar-refractivity contribution in [2.24, 2.45) is 0 Å². The number of ether oxygens (including phenoxy) is 1. The number of nitrogens with one attached hydrogen (secondary N) is 1. The fourth-order valence-corrected chi connectivity index (χ4v) is 10.8. The van der Waals surface area contributed by atoms with Gasteiger partial charge in [0.25, 0.3) is 0 Å². The van der Waals surface area contributed by atoms with E-state index in [0.29, 0.717) is 25.9 Å². The molecule has 0 aromatic rings. The minimum absolute atomic E-state index is 0.0167. The molecule has 444 valence electrons. The zero-order chi connectivity index (χ0) is 54.3. The van der Waals surface area contributed by atoms with Gasteiger partial charge in [-0.05, 0) is 57.8 Å². The van der Waals surface area contributed by atoms with E-state index < -0.39 is 12.1 Å². The monoisotopic (exact) mass is 1060 g/mol. The van der Waals surface area contributed by atoms with Crippen LogP contribution in [0.25, 0.3) is 0 Å². The molecule has 0 aromatic heterocycles. The highest BCUT2D eigenvalue weighted by Crippen LogP contribution is 2.19. The number of allylic oxidation sites excluding steroid dienone is 4. The van der Waals surface area contributed by atoms with E-state index in [0.717, 1.165) is 51.4 Å². The summed E-state index contributed by atoms with van der Waals surface area (Å²) < 4.78 is 5.51. The number of carbonyl (C=O) groups excluding carboxylic acids is 2. The number of rotatable bonds is 64. The second-order valence-corrected chi connectivity index (χ2v) is 23.5. The predicted molar refractivity (Wildman–Crippen MR) is 329 cm³/mol. The highest BCUT2D eigenvalue weighted by molar-refractivity contribution is 5.76. The molecule has 75 heavy (non-hydrogen) atoms. The molecular formula is C69H133NO5. The lowest BCUT2D eigenvalue weighted by atomic mass is 10.0. The van der Waals surface area contributed by atoms with Crippen LogP contribution in [0.3, 0.4) is 0 Å². The molecule has 6 heteroatoms. The Hall–Kier alpha value is -1.66. The Balaban J connectivity index is 3.29. The predicted octanol–water partition coefficient (Wildman–Crippen LogP) is 21.8. The molecule has 0 saturated carbocycles. The van der Waals surface area contributed by atoms with Crippen LogP contribution >= 0.6 is 0 Å². The molecule has 0 aliphatic heterocycles. The maximum Gasteiger partial charge on any atom is 0.305 e. The van der Waals surface area contributed by atoms with Crippen molar-refractivity contribution in [3.05, 3.63) is 24.3 Å². The van der Waals surface area contributed by atoms with Gasteiger partial charge in [-0.2, -0.15) is 0 Å². The van der Waals surface area contributed by atoms with Crippen molar-refractivity contribution in [1.29, 1.82) is 0 Å². The van der Waals surface area contributed by atoms with Gasteiger partial charge in [-0.15, -0.1) is 0 Å². The van der Waals surface area contributed by atoms with Crippen LogP contribution < -0.4 is 5.32 Å². The van der Waals surface area contributed by atoms with E-state index >= 15 is 0 Å². The Bertz CT molecular complexity index is 1170. The first-order chi connectivity index (χ1) is 37.0. The summed E-state index contributed by atoms with van der Waals surface area (Å²) in [5.41, 5.74) is 0. The van der Waals surface area contributed by atoms with Crippen molar-refractivity contribution in [2.45, 2.75) is 392 Å². The number of esters is 1. The van der Waals surface area contributed by atoms with Gasteiger partial charge in [0.05, 0.1) is 25.4 Å². The van der Waals surface area contributed by atoms with Gasteiger partial charge in [-0.25, -0.2) is 0 Å². The lowest BCUT2D eigenvalue weighted by Gasteiger charge is -2.22. The number of hydrogen-bond acceptors (Lipinski definition) is 5. The first-order valence-electron chi connectivity index (χ1n) is 34.1. The van der Waals surface area contributed by atoms with Crippen LogP contribution in [0.15, 0.2) is 24.3 Å². The fraction of sp³-hybridized carbons (Fsp3) is 0.913. The Kier molecular flexibility index (Phi) is 63.4. The number of aliphatic hydroxyl groups is 2. The summed E-state index contributed by atoms with van der Waals surface area (Å²) in [6.07, 6.45) is 80.9. The normalized spacial score (nSPS) is 12.6. The van der Waals surface area contributed by atoms with Crippen LogP contribution in [-0.4, -0.2) is 47.4 Å². The molecule has 2 atom stereocenters. The molecule has 2 unspecified atom stereocenters. The third-order valence-electron chi connectivity index (χ3n) is 16.0. The van der Waals surface area contributed by atoms with E-state index in [4.69, 9.17) is 4.74 Å². The highest BCUT2D eigenvalue weighted by Gasteiger charge is 2.20. The molecule has 0 spiro atoms. The molecule has 6 nitrogen and oxygen atoms in total. The van der Waals surface area contributed by atoms with Crippen LogP contribution in [0.2, 0.25) is 0 Å². The molecule has 0 aromatic carbocycles. The molecule has 0 saturated heterocycles. The Labute approximate surface area is 469 Å². The lowest BCUT2D eigenvalue weighted by molar-refractivity contribution is -0.143. The minimum atomic E-state index is -0.659. The van der Waals surface area contributed by atoms with Crippen molar-refractivity contribution in [3.63, 3.8) is 0 Å². The van der Waals surface area contributed by atoms with Crippen LogP contribution in [0, 0.1) is 0 Å². The summed E-state index contributed by atoms with van der Waals surface area (Å²) in [6.45, 7) is 4.93. The van der Waals surface area contributed by atoms with Crippen LogP contribution in [0.4, 0.5) is 0 Å². The fourth-order valence-electron chi connectivity index (χ4n) is 10.8. The largest absolute Gasteiger partial charge is 0.466 e. The Morgan fingerprint density at radius 2 is 0.667 bits per heavy atom. The van der Waals surface area contributed by atoms with Gasteiger partial charge in [0.1, 0.15) is 0 Å². The average Bonchev–Trinajstić information content (AvgIpc) is 3.41. The standard InChI is InChI=1S/C69H133NO5/c1-3-5-7-9-11-13-14-15-16-17-30-34-37-40-43-47-51-55-59-63-69(74)75-64-60-56-52-48-44-41-38-35-32-29-27-25-23-21-19-18-20-22-24-26-28-31-33-36-39-42-46-50-54-58-62-68(73)70-66(65-71)67(72)61-57-53-49-45-12-10-8-6-4-2/h11,13,15-16,66-67,71-72H,3-10,12,14,17-65H2,1-2H3,(H,70,73)/b13-11-,16-15-. The van der Waals surface area contributed by atoms with Crippen LogP contribution in [0.1, 0.15) is 380 Å². The molecule has 0 aliphatic rings. The van der Waals surface area contributed by atoms with Gasteiger partial charge in [0.15, 0.2) is 0 Å². The quantitative estimate of drug-likeness (QED) is 0.0320. The summed E-state index contributed by atoms with van der Waals surface area (Å²) in [5, 5.41) is 23.1. The smallest absolute Gasteiger partial charge is 0.305 e. The summed E-state index contributed by atoms with van der Waals surface area (Å²) in [4.78, 5) is 24.5. The van der Waals surface area contributed by atoms with Crippen molar-refractivity contribution in [1.82, 2.24) is 5.32 Å². The van der Waals surface area contributed by atoms with Crippen LogP contribution in [-0.2, 0) is 14.3 Å². The number of carbonyl (C=O) groups is 2. The first-order valence-corrected chi connectivity index (χ1v) is 34.1. The summed E-state index contributed by atoms with van der Waals surface area (Å²) >= 11 is 0. The van der Waals surface area contributed by atoms with Crippen molar-refractivity contribution >= 4 is 11.9 Å². The number of amides is 1. The van der Waals surface area contributed by atoms with Gasteiger partial charge in [-0.1, -0.05) is 334 Å². The van der Waals surface area contributed by atoms with E-state index in [-0.39, 0.29) is 18.5 Å². The molecule has 0 fully saturated rings. The molecule has 0 radical (unpaired) electrons. The molecule has 3 N–H and O–H groups in total. The van der Waals surface area contributed by atoms with E-state index in [1.807, 2.05) is 0 Å². The molecular weight excluding hydrogens is 923 g/mol.